The van der Waals surface area contributed by atoms with Crippen molar-refractivity contribution < 1.29 is 0 Å². The normalized spacial score (nSPS) is 10.1. The number of hydrogen-bond acceptors (Lipinski definition) is 3. The maximum Gasteiger partial charge on any atom is 0.143 e. The van der Waals surface area contributed by atoms with E-state index in [4.69, 9.17) is 0 Å². The van der Waals surface area contributed by atoms with Gasteiger partial charge in [-0.05, 0) is 22.4 Å². The maximum atomic E-state index is 4.36. The number of anilines is 1. The van der Waals surface area contributed by atoms with E-state index in [0.29, 0.717) is 0 Å². The predicted octanol–water partition coefficient (Wildman–Crippen LogP) is 2.62. The Morgan fingerprint density at radius 2 is 2.31 bits per heavy atom. The minimum atomic E-state index is 0.862. The molecule has 0 unspecified atom stereocenters. The average molecular weight is 244 g/mol. The minimum Gasteiger partial charge on any atom is -0.372 e. The van der Waals surface area contributed by atoms with E-state index in [1.54, 1.807) is 6.20 Å². The van der Waals surface area contributed by atoms with Crippen LogP contribution < -0.4 is 5.32 Å². The lowest BCUT2D eigenvalue weighted by atomic mass is 10.2. The van der Waals surface area contributed by atoms with Crippen LogP contribution in [-0.4, -0.2) is 17.0 Å². The van der Waals surface area contributed by atoms with Gasteiger partial charge in [-0.3, -0.25) is 0 Å². The molecule has 0 saturated heterocycles. The van der Waals surface area contributed by atoms with Crippen LogP contribution in [0.1, 0.15) is 25.6 Å². The van der Waals surface area contributed by atoms with Crippen molar-refractivity contribution in [1.29, 1.82) is 0 Å². The van der Waals surface area contributed by atoms with Gasteiger partial charge in [0.1, 0.15) is 11.6 Å². The van der Waals surface area contributed by atoms with E-state index in [2.05, 4.69) is 38.1 Å². The quantitative estimate of drug-likeness (QED) is 0.884. The lowest BCUT2D eigenvalue weighted by Gasteiger charge is -2.04. The molecule has 0 aliphatic rings. The summed E-state index contributed by atoms with van der Waals surface area (Å²) >= 11 is 3.37. The Balaban J connectivity index is 2.74. The van der Waals surface area contributed by atoms with Crippen LogP contribution in [0.25, 0.3) is 0 Å². The van der Waals surface area contributed by atoms with Gasteiger partial charge in [-0.1, -0.05) is 13.3 Å². The number of nitrogens with one attached hydrogen (secondary N) is 1. The van der Waals surface area contributed by atoms with E-state index >= 15 is 0 Å². The molecular formula is C9H14BrN3. The largest absolute Gasteiger partial charge is 0.372 e. The Kier molecular flexibility index (Phi) is 4.15. The first-order chi connectivity index (χ1) is 6.27. The first-order valence-electron chi connectivity index (χ1n) is 4.47. The number of unbranched alkanes of at least 4 members (excludes halogenated alkanes) is 1. The van der Waals surface area contributed by atoms with Crippen molar-refractivity contribution in [3.63, 3.8) is 0 Å². The highest BCUT2D eigenvalue weighted by molar-refractivity contribution is 9.10. The monoisotopic (exact) mass is 243 g/mol. The Hall–Kier alpha value is -0.640. The first-order valence-corrected chi connectivity index (χ1v) is 5.26. The highest BCUT2D eigenvalue weighted by atomic mass is 79.9. The van der Waals surface area contributed by atoms with Gasteiger partial charge in [-0.2, -0.15) is 0 Å². The molecule has 0 fully saturated rings. The predicted molar refractivity (Wildman–Crippen MR) is 57.9 cm³/mol. The molecule has 0 atom stereocenters. The van der Waals surface area contributed by atoms with Crippen LogP contribution in [0, 0.1) is 0 Å². The average Bonchev–Trinajstić information content (AvgIpc) is 2.16. The van der Waals surface area contributed by atoms with E-state index in [-0.39, 0.29) is 0 Å². The molecule has 0 amide bonds. The summed E-state index contributed by atoms with van der Waals surface area (Å²) in [6.45, 7) is 2.16. The van der Waals surface area contributed by atoms with Crippen LogP contribution in [0.3, 0.4) is 0 Å². The van der Waals surface area contributed by atoms with E-state index in [0.717, 1.165) is 29.0 Å². The highest BCUT2D eigenvalue weighted by Gasteiger charge is 2.02. The molecule has 0 bridgehead atoms. The number of rotatable bonds is 4. The second-order valence-electron chi connectivity index (χ2n) is 2.84. The van der Waals surface area contributed by atoms with Crippen molar-refractivity contribution in [3.8, 4) is 0 Å². The number of aryl methyl sites for hydroxylation is 1. The Bertz CT molecular complexity index is 276. The molecule has 0 aliphatic heterocycles. The van der Waals surface area contributed by atoms with Gasteiger partial charge < -0.3 is 5.32 Å². The van der Waals surface area contributed by atoms with Crippen molar-refractivity contribution in [2.75, 3.05) is 12.4 Å². The minimum absolute atomic E-state index is 0.862. The second-order valence-corrected chi connectivity index (χ2v) is 3.69. The van der Waals surface area contributed by atoms with E-state index < -0.39 is 0 Å². The lowest BCUT2D eigenvalue weighted by molar-refractivity contribution is 0.752. The summed E-state index contributed by atoms with van der Waals surface area (Å²) in [7, 11) is 1.86. The molecular weight excluding hydrogens is 230 g/mol. The van der Waals surface area contributed by atoms with E-state index in [1.807, 2.05) is 7.05 Å². The fraction of sp³-hybridized carbons (Fsp3) is 0.556. The third kappa shape index (κ3) is 2.95. The molecule has 1 rings (SSSR count). The Morgan fingerprint density at radius 1 is 1.54 bits per heavy atom. The summed E-state index contributed by atoms with van der Waals surface area (Å²) in [5, 5.41) is 3.01. The molecule has 1 aromatic heterocycles. The van der Waals surface area contributed by atoms with Gasteiger partial charge in [0.15, 0.2) is 0 Å². The summed E-state index contributed by atoms with van der Waals surface area (Å²) in [6.07, 6.45) is 5.07. The number of aromatic nitrogens is 2. The van der Waals surface area contributed by atoms with E-state index in [1.165, 1.54) is 6.42 Å². The topological polar surface area (TPSA) is 37.8 Å². The lowest BCUT2D eigenvalue weighted by Crippen LogP contribution is -2.00. The highest BCUT2D eigenvalue weighted by Crippen LogP contribution is 2.18. The Labute approximate surface area is 87.1 Å². The third-order valence-electron chi connectivity index (χ3n) is 1.78. The van der Waals surface area contributed by atoms with Crippen LogP contribution in [0.15, 0.2) is 10.7 Å². The van der Waals surface area contributed by atoms with E-state index in [9.17, 15) is 0 Å². The van der Waals surface area contributed by atoms with Gasteiger partial charge >= 0.3 is 0 Å². The van der Waals surface area contributed by atoms with Crippen LogP contribution in [0.2, 0.25) is 0 Å². The van der Waals surface area contributed by atoms with Crippen molar-refractivity contribution in [3.05, 3.63) is 16.5 Å². The molecule has 0 aromatic carbocycles. The zero-order valence-corrected chi connectivity index (χ0v) is 9.56. The van der Waals surface area contributed by atoms with Crippen molar-refractivity contribution in [2.45, 2.75) is 26.2 Å². The SMILES string of the molecule is CCCCc1ncc(Br)c(NC)n1. The summed E-state index contributed by atoms with van der Waals surface area (Å²) in [5.74, 6) is 1.77. The van der Waals surface area contributed by atoms with Gasteiger partial charge in [0.25, 0.3) is 0 Å². The molecule has 13 heavy (non-hydrogen) atoms. The summed E-state index contributed by atoms with van der Waals surface area (Å²) < 4.78 is 0.912. The molecule has 1 N–H and O–H groups in total. The smallest absolute Gasteiger partial charge is 0.143 e. The molecule has 1 heterocycles. The molecule has 0 saturated carbocycles. The number of nitrogens with zero attached hydrogens (tertiary/aromatic N) is 2. The summed E-state index contributed by atoms with van der Waals surface area (Å²) in [4.78, 5) is 8.59. The summed E-state index contributed by atoms with van der Waals surface area (Å²) in [5.41, 5.74) is 0. The van der Waals surface area contributed by atoms with Gasteiger partial charge in [-0.15, -0.1) is 0 Å². The Morgan fingerprint density at radius 3 is 2.92 bits per heavy atom. The van der Waals surface area contributed by atoms with Crippen LogP contribution in [0.5, 0.6) is 0 Å². The van der Waals surface area contributed by atoms with Crippen molar-refractivity contribution in [1.82, 2.24) is 9.97 Å². The summed E-state index contributed by atoms with van der Waals surface area (Å²) in [6, 6.07) is 0. The molecule has 1 aromatic rings. The zero-order chi connectivity index (χ0) is 9.68. The van der Waals surface area contributed by atoms with Crippen LogP contribution >= 0.6 is 15.9 Å². The van der Waals surface area contributed by atoms with Crippen LogP contribution in [0.4, 0.5) is 5.82 Å². The maximum absolute atomic E-state index is 4.36. The fourth-order valence-electron chi connectivity index (χ4n) is 1.03. The molecule has 3 nitrogen and oxygen atoms in total. The standard InChI is InChI=1S/C9H14BrN3/c1-3-4-5-8-12-6-7(10)9(11-2)13-8/h6H,3-5H2,1-2H3,(H,11,12,13). The molecule has 0 spiro atoms. The zero-order valence-electron chi connectivity index (χ0n) is 7.97. The molecule has 4 heteroatoms. The fourth-order valence-corrected chi connectivity index (χ4v) is 1.42. The number of halogens is 1. The third-order valence-corrected chi connectivity index (χ3v) is 2.37. The van der Waals surface area contributed by atoms with Crippen molar-refractivity contribution >= 4 is 21.7 Å². The van der Waals surface area contributed by atoms with Crippen molar-refractivity contribution in [2.24, 2.45) is 0 Å². The van der Waals surface area contributed by atoms with Crippen LogP contribution in [-0.2, 0) is 6.42 Å². The molecule has 72 valence electrons. The molecule has 0 aliphatic carbocycles. The van der Waals surface area contributed by atoms with Gasteiger partial charge in [0.2, 0.25) is 0 Å². The van der Waals surface area contributed by atoms with Gasteiger partial charge in [-0.25, -0.2) is 9.97 Å². The van der Waals surface area contributed by atoms with Gasteiger partial charge in [0.05, 0.1) is 4.47 Å². The first kappa shape index (κ1) is 10.4. The number of hydrogen-bond donors (Lipinski definition) is 1. The second kappa shape index (κ2) is 5.17. The van der Waals surface area contributed by atoms with Gasteiger partial charge in [0, 0.05) is 19.7 Å². The molecule has 0 radical (unpaired) electrons.